The van der Waals surface area contributed by atoms with Gasteiger partial charge in [-0.15, -0.1) is 0 Å². The van der Waals surface area contributed by atoms with Crippen molar-refractivity contribution in [3.05, 3.63) is 66.4 Å². The van der Waals surface area contributed by atoms with Crippen molar-refractivity contribution in [1.82, 2.24) is 19.8 Å². The predicted molar refractivity (Wildman–Crippen MR) is 160 cm³/mol. The number of morpholine rings is 1. The molecule has 4 aliphatic rings. The fourth-order valence-electron chi connectivity index (χ4n) is 6.13. The molecule has 1 aliphatic carbocycles. The molecule has 3 aliphatic heterocycles. The summed E-state index contributed by atoms with van der Waals surface area (Å²) in [5, 5.41) is 3.88. The van der Waals surface area contributed by atoms with Gasteiger partial charge in [-0.2, -0.15) is 0 Å². The van der Waals surface area contributed by atoms with Crippen LogP contribution < -0.4 is 10.1 Å². The fourth-order valence-corrected chi connectivity index (χ4v) is 6.13. The van der Waals surface area contributed by atoms with Crippen LogP contribution in [-0.4, -0.2) is 82.9 Å². The Morgan fingerprint density at radius 1 is 1.17 bits per heavy atom. The van der Waals surface area contributed by atoms with Crippen molar-refractivity contribution in [2.75, 3.05) is 44.8 Å². The molecular weight excluding hydrogens is 516 g/mol. The Kier molecular flexibility index (Phi) is 6.76. The van der Waals surface area contributed by atoms with Gasteiger partial charge in [0.15, 0.2) is 11.6 Å². The van der Waals surface area contributed by atoms with E-state index < -0.39 is 0 Å². The van der Waals surface area contributed by atoms with Gasteiger partial charge in [0.05, 0.1) is 44.0 Å². The summed E-state index contributed by atoms with van der Waals surface area (Å²) in [6, 6.07) is 14.6. The van der Waals surface area contributed by atoms with Crippen molar-refractivity contribution in [2.24, 2.45) is 10.9 Å². The lowest BCUT2D eigenvalue weighted by Crippen LogP contribution is -2.41. The average molecular weight is 551 g/mol. The number of nitrogens with one attached hydrogen (secondary N) is 1. The maximum atomic E-state index is 12.7. The van der Waals surface area contributed by atoms with Gasteiger partial charge in [-0.25, -0.2) is 15.0 Å². The van der Waals surface area contributed by atoms with Crippen LogP contribution in [0.2, 0.25) is 0 Å². The smallest absolute Gasteiger partial charge is 0.238 e. The molecule has 0 radical (unpaired) electrons. The molecule has 210 valence electrons. The molecule has 41 heavy (non-hydrogen) atoms. The van der Waals surface area contributed by atoms with Crippen LogP contribution in [0.4, 0.5) is 11.5 Å². The SMILES string of the molecule is CCOc1ccc2nc(-c3cccc(NC(=O)CN4CCOCC4)c3)nc(N=C3C=CC4C(C=C5C(C)N54)C3)c2c1. The van der Waals surface area contributed by atoms with Crippen LogP contribution in [0.5, 0.6) is 5.75 Å². The van der Waals surface area contributed by atoms with Crippen molar-refractivity contribution < 1.29 is 14.3 Å². The molecule has 9 nitrogen and oxygen atoms in total. The summed E-state index contributed by atoms with van der Waals surface area (Å²) in [6.07, 6.45) is 7.71. The molecule has 0 saturated carbocycles. The van der Waals surface area contributed by atoms with Crippen molar-refractivity contribution in [3.8, 4) is 17.1 Å². The molecule has 4 heterocycles. The molecule has 1 N–H and O–H groups in total. The Hall–Kier alpha value is -4.08. The van der Waals surface area contributed by atoms with Crippen molar-refractivity contribution in [2.45, 2.75) is 32.4 Å². The van der Waals surface area contributed by atoms with Gasteiger partial charge >= 0.3 is 0 Å². The first-order valence-electron chi connectivity index (χ1n) is 14.5. The maximum Gasteiger partial charge on any atom is 0.238 e. The number of fused-ring (bicyclic) bond motifs is 4. The molecule has 3 atom stereocenters. The molecule has 7 rings (SSSR count). The summed E-state index contributed by atoms with van der Waals surface area (Å²) < 4.78 is 11.2. The topological polar surface area (TPSA) is 92.0 Å². The van der Waals surface area contributed by atoms with Crippen molar-refractivity contribution in [3.63, 3.8) is 0 Å². The second kappa shape index (κ2) is 10.7. The minimum absolute atomic E-state index is 0.0494. The normalized spacial score (nSPS) is 24.2. The first kappa shape index (κ1) is 25.9. The van der Waals surface area contributed by atoms with Crippen LogP contribution in [0.1, 0.15) is 20.3 Å². The molecule has 0 spiro atoms. The third-order valence-electron chi connectivity index (χ3n) is 8.23. The van der Waals surface area contributed by atoms with Crippen LogP contribution >= 0.6 is 0 Å². The zero-order valence-electron chi connectivity index (χ0n) is 23.4. The zero-order chi connectivity index (χ0) is 27.9. The number of aliphatic imine (C=N–C) groups is 1. The summed E-state index contributed by atoms with van der Waals surface area (Å²) in [4.78, 5) is 32.2. The summed E-state index contributed by atoms with van der Waals surface area (Å²) in [6.45, 7) is 7.99. The molecule has 0 bridgehead atoms. The van der Waals surface area contributed by atoms with E-state index in [1.165, 1.54) is 5.70 Å². The van der Waals surface area contributed by atoms with E-state index >= 15 is 0 Å². The van der Waals surface area contributed by atoms with Gasteiger partial charge in [-0.3, -0.25) is 9.69 Å². The third kappa shape index (κ3) is 5.23. The molecular formula is C32H34N6O3. The van der Waals surface area contributed by atoms with E-state index in [4.69, 9.17) is 24.4 Å². The number of ether oxygens (including phenoxy) is 2. The Labute approximate surface area is 239 Å². The summed E-state index contributed by atoms with van der Waals surface area (Å²) >= 11 is 0. The molecule has 1 amide bonds. The number of aromatic nitrogens is 2. The highest BCUT2D eigenvalue weighted by Gasteiger charge is 2.49. The quantitative estimate of drug-likeness (QED) is 0.431. The van der Waals surface area contributed by atoms with Gasteiger partial charge < -0.3 is 19.7 Å². The molecule has 2 aromatic carbocycles. The van der Waals surface area contributed by atoms with Crippen molar-refractivity contribution in [1.29, 1.82) is 0 Å². The predicted octanol–water partition coefficient (Wildman–Crippen LogP) is 4.59. The highest BCUT2D eigenvalue weighted by Crippen LogP contribution is 2.47. The molecule has 9 heteroatoms. The summed E-state index contributed by atoms with van der Waals surface area (Å²) in [7, 11) is 0. The Balaban J connectivity index is 1.19. The minimum atomic E-state index is -0.0494. The monoisotopic (exact) mass is 550 g/mol. The number of allylic oxidation sites excluding steroid dienone is 1. The standard InChI is InChI=1S/C32H34N6O3/c1-3-41-25-8-9-27-26(18-25)32(34-24-7-10-28-22(16-24)17-29-20(2)38(28)29)36-31(35-27)21-5-4-6-23(15-21)33-30(39)19-37-11-13-40-14-12-37/h4-10,15,17-18,20,22,28H,3,11-14,16,19H2,1-2H3,(H,33,39). The summed E-state index contributed by atoms with van der Waals surface area (Å²) in [5.74, 6) is 2.35. The van der Waals surface area contributed by atoms with Crippen LogP contribution in [0.25, 0.3) is 22.3 Å². The van der Waals surface area contributed by atoms with E-state index in [1.807, 2.05) is 49.4 Å². The average Bonchev–Trinajstić information content (AvgIpc) is 3.43. The second-order valence-electron chi connectivity index (χ2n) is 11.0. The maximum absolute atomic E-state index is 12.7. The Morgan fingerprint density at radius 2 is 2.05 bits per heavy atom. The number of carbonyl (C=O) groups excluding carboxylic acids is 1. The highest BCUT2D eigenvalue weighted by molar-refractivity contribution is 6.01. The number of carbonyl (C=O) groups is 1. The van der Waals surface area contributed by atoms with Gasteiger partial charge in [0.1, 0.15) is 5.75 Å². The van der Waals surface area contributed by atoms with E-state index in [2.05, 4.69) is 40.3 Å². The minimum Gasteiger partial charge on any atom is -0.494 e. The van der Waals surface area contributed by atoms with Crippen LogP contribution in [-0.2, 0) is 9.53 Å². The number of rotatable bonds is 7. The third-order valence-corrected chi connectivity index (χ3v) is 8.23. The number of nitrogens with zero attached hydrogens (tertiary/aromatic N) is 5. The molecule has 1 aromatic heterocycles. The number of hydrogen-bond acceptors (Lipinski definition) is 8. The zero-order valence-corrected chi connectivity index (χ0v) is 23.4. The van der Waals surface area contributed by atoms with Crippen LogP contribution in [0, 0.1) is 5.92 Å². The van der Waals surface area contributed by atoms with Gasteiger partial charge in [-0.1, -0.05) is 24.3 Å². The number of amides is 1. The lowest BCUT2D eigenvalue weighted by atomic mass is 9.89. The second-order valence-corrected chi connectivity index (χ2v) is 11.0. The van der Waals surface area contributed by atoms with E-state index in [9.17, 15) is 4.79 Å². The fraction of sp³-hybridized carbons (Fsp3) is 0.375. The van der Waals surface area contributed by atoms with Gasteiger partial charge in [0.2, 0.25) is 5.91 Å². The van der Waals surface area contributed by atoms with Crippen LogP contribution in [0.3, 0.4) is 0 Å². The van der Waals surface area contributed by atoms with Crippen LogP contribution in [0.15, 0.2) is 71.4 Å². The Bertz CT molecular complexity index is 1590. The largest absolute Gasteiger partial charge is 0.494 e. The molecule has 3 aromatic rings. The van der Waals surface area contributed by atoms with Crippen molar-refractivity contribution >= 4 is 34.0 Å². The van der Waals surface area contributed by atoms with Gasteiger partial charge in [-0.05, 0) is 56.7 Å². The molecule has 2 fully saturated rings. The van der Waals surface area contributed by atoms with Gasteiger partial charge in [0.25, 0.3) is 0 Å². The summed E-state index contributed by atoms with van der Waals surface area (Å²) in [5.41, 5.74) is 4.78. The van der Waals surface area contributed by atoms with E-state index in [0.29, 0.717) is 61.7 Å². The number of hydrogen-bond donors (Lipinski definition) is 1. The lowest BCUT2D eigenvalue weighted by Gasteiger charge is -2.25. The first-order chi connectivity index (χ1) is 20.1. The van der Waals surface area contributed by atoms with Gasteiger partial charge in [0, 0.05) is 47.1 Å². The lowest BCUT2D eigenvalue weighted by molar-refractivity contribution is -0.118. The molecule has 3 unspecified atom stereocenters. The van der Waals surface area contributed by atoms with E-state index in [0.717, 1.165) is 47.4 Å². The Morgan fingerprint density at radius 3 is 2.90 bits per heavy atom. The van der Waals surface area contributed by atoms with E-state index in [1.54, 1.807) is 0 Å². The number of benzene rings is 2. The highest BCUT2D eigenvalue weighted by atomic mass is 16.5. The first-order valence-corrected chi connectivity index (χ1v) is 14.5. The molecule has 2 saturated heterocycles. The van der Waals surface area contributed by atoms with E-state index in [-0.39, 0.29) is 5.91 Å². The number of anilines is 1.